The molecule has 1 aliphatic carbocycles. The predicted molar refractivity (Wildman–Crippen MR) is 60.1 cm³/mol. The molecule has 1 rings (SSSR count). The summed E-state index contributed by atoms with van der Waals surface area (Å²) in [6.45, 7) is 2.94. The molecule has 4 heteroatoms. The number of amidine groups is 1. The van der Waals surface area contributed by atoms with Gasteiger partial charge in [0.05, 0.1) is 0 Å². The summed E-state index contributed by atoms with van der Waals surface area (Å²) in [4.78, 5) is 16.5. The van der Waals surface area contributed by atoms with E-state index in [0.29, 0.717) is 13.1 Å². The molecule has 0 spiro atoms. The Balaban J connectivity index is 2.60. The Kier molecular flexibility index (Phi) is 4.09. The topological polar surface area (TPSA) is 52.9 Å². The van der Waals surface area contributed by atoms with Crippen LogP contribution in [0.3, 0.4) is 0 Å². The van der Waals surface area contributed by atoms with Crippen molar-refractivity contribution < 1.29 is 9.90 Å². The summed E-state index contributed by atoms with van der Waals surface area (Å²) in [5.74, 6) is -0.837. The second kappa shape index (κ2) is 5.34. The number of aliphatic carboxylic acids is 1. The molecule has 15 heavy (non-hydrogen) atoms. The molecule has 0 aromatic heterocycles. The Morgan fingerprint density at radius 2 is 2.40 bits per heavy atom. The Hall–Kier alpha value is -1.58. The Bertz CT molecular complexity index is 329. The van der Waals surface area contributed by atoms with Gasteiger partial charge in [0.15, 0.2) is 0 Å². The highest BCUT2D eigenvalue weighted by Crippen LogP contribution is 2.11. The van der Waals surface area contributed by atoms with Crippen LogP contribution < -0.4 is 0 Å². The summed E-state index contributed by atoms with van der Waals surface area (Å²) in [7, 11) is 1.75. The largest absolute Gasteiger partial charge is 0.475 e. The number of carboxylic acids is 1. The molecule has 0 saturated carbocycles. The molecule has 0 unspecified atom stereocenters. The number of rotatable bonds is 3. The van der Waals surface area contributed by atoms with Gasteiger partial charge in [0.2, 0.25) is 5.84 Å². The monoisotopic (exact) mass is 208 g/mol. The molecule has 1 N–H and O–H groups in total. The SMILES string of the molecule is CCN=C(C(=O)O)N(C)CC1=CC=CC1. The van der Waals surface area contributed by atoms with E-state index < -0.39 is 5.97 Å². The molecule has 0 aromatic rings. The van der Waals surface area contributed by atoms with Gasteiger partial charge >= 0.3 is 5.97 Å². The van der Waals surface area contributed by atoms with Gasteiger partial charge in [-0.05, 0) is 18.9 Å². The van der Waals surface area contributed by atoms with E-state index in [4.69, 9.17) is 5.11 Å². The average Bonchev–Trinajstić information content (AvgIpc) is 2.65. The third-order valence-corrected chi connectivity index (χ3v) is 2.15. The van der Waals surface area contributed by atoms with Crippen molar-refractivity contribution >= 4 is 11.8 Å². The fourth-order valence-electron chi connectivity index (χ4n) is 1.49. The Labute approximate surface area is 89.6 Å². The molecule has 0 fully saturated rings. The van der Waals surface area contributed by atoms with Gasteiger partial charge in [-0.2, -0.15) is 0 Å². The lowest BCUT2D eigenvalue weighted by molar-refractivity contribution is -0.130. The van der Waals surface area contributed by atoms with E-state index in [-0.39, 0.29) is 5.84 Å². The number of carboxylic acid groups (broad SMARTS) is 1. The number of hydrogen-bond acceptors (Lipinski definition) is 2. The molecule has 0 bridgehead atoms. The quantitative estimate of drug-likeness (QED) is 0.562. The first-order valence-corrected chi connectivity index (χ1v) is 4.98. The number of nitrogens with zero attached hydrogens (tertiary/aromatic N) is 2. The van der Waals surface area contributed by atoms with Gasteiger partial charge in [0, 0.05) is 20.1 Å². The number of likely N-dealkylation sites (N-methyl/N-ethyl adjacent to an activating group) is 1. The number of hydrogen-bond donors (Lipinski definition) is 1. The molecule has 1 aliphatic rings. The summed E-state index contributed by atoms with van der Waals surface area (Å²) < 4.78 is 0. The second-order valence-electron chi connectivity index (χ2n) is 3.42. The van der Waals surface area contributed by atoms with Gasteiger partial charge < -0.3 is 10.0 Å². The van der Waals surface area contributed by atoms with Gasteiger partial charge in [-0.3, -0.25) is 4.99 Å². The van der Waals surface area contributed by atoms with Crippen molar-refractivity contribution in [2.24, 2.45) is 4.99 Å². The average molecular weight is 208 g/mol. The van der Waals surface area contributed by atoms with Crippen LogP contribution in [-0.2, 0) is 4.79 Å². The van der Waals surface area contributed by atoms with Crippen LogP contribution in [0, 0.1) is 0 Å². The zero-order valence-corrected chi connectivity index (χ0v) is 9.10. The summed E-state index contributed by atoms with van der Waals surface area (Å²) in [5, 5.41) is 8.94. The van der Waals surface area contributed by atoms with Crippen molar-refractivity contribution in [3.05, 3.63) is 23.8 Å². The summed E-state index contributed by atoms with van der Waals surface area (Å²) in [5.41, 5.74) is 1.21. The molecule has 4 nitrogen and oxygen atoms in total. The number of allylic oxidation sites excluding steroid dienone is 3. The molecule has 0 amide bonds. The molecule has 0 saturated heterocycles. The van der Waals surface area contributed by atoms with Gasteiger partial charge in [-0.15, -0.1) is 0 Å². The first-order valence-electron chi connectivity index (χ1n) is 4.98. The molecule has 0 aromatic carbocycles. The van der Waals surface area contributed by atoms with Crippen LogP contribution in [0.4, 0.5) is 0 Å². The highest BCUT2D eigenvalue weighted by Gasteiger charge is 2.15. The maximum absolute atomic E-state index is 10.9. The minimum absolute atomic E-state index is 0.130. The molecule has 82 valence electrons. The van der Waals surface area contributed by atoms with Gasteiger partial charge in [0.1, 0.15) is 0 Å². The van der Waals surface area contributed by atoms with Crippen LogP contribution in [0.25, 0.3) is 0 Å². The lowest BCUT2D eigenvalue weighted by Gasteiger charge is -2.18. The normalized spacial score (nSPS) is 15.3. The Morgan fingerprint density at radius 3 is 2.87 bits per heavy atom. The summed E-state index contributed by atoms with van der Waals surface area (Å²) >= 11 is 0. The van der Waals surface area contributed by atoms with Crippen molar-refractivity contribution in [3.63, 3.8) is 0 Å². The molecule has 0 heterocycles. The molecule has 0 atom stereocenters. The third-order valence-electron chi connectivity index (χ3n) is 2.15. The molecule has 0 radical (unpaired) electrons. The zero-order chi connectivity index (χ0) is 11.3. The lowest BCUT2D eigenvalue weighted by atomic mass is 10.2. The van der Waals surface area contributed by atoms with Crippen LogP contribution in [0.5, 0.6) is 0 Å². The Morgan fingerprint density at radius 1 is 1.67 bits per heavy atom. The predicted octanol–water partition coefficient (Wildman–Crippen LogP) is 1.31. The number of carbonyl (C=O) groups is 1. The van der Waals surface area contributed by atoms with E-state index in [1.807, 2.05) is 19.1 Å². The smallest absolute Gasteiger partial charge is 0.371 e. The van der Waals surface area contributed by atoms with E-state index >= 15 is 0 Å². The minimum Gasteiger partial charge on any atom is -0.475 e. The van der Waals surface area contributed by atoms with Crippen molar-refractivity contribution in [1.29, 1.82) is 0 Å². The molecule has 0 aliphatic heterocycles. The minimum atomic E-state index is -0.967. The van der Waals surface area contributed by atoms with Crippen LogP contribution in [-0.4, -0.2) is 41.9 Å². The fourth-order valence-corrected chi connectivity index (χ4v) is 1.49. The first kappa shape index (κ1) is 11.5. The van der Waals surface area contributed by atoms with Crippen LogP contribution in [0.1, 0.15) is 13.3 Å². The van der Waals surface area contributed by atoms with Crippen LogP contribution in [0.15, 0.2) is 28.8 Å². The van der Waals surface area contributed by atoms with Crippen molar-refractivity contribution in [1.82, 2.24) is 4.90 Å². The van der Waals surface area contributed by atoms with Gasteiger partial charge in [0.25, 0.3) is 0 Å². The van der Waals surface area contributed by atoms with Crippen LogP contribution >= 0.6 is 0 Å². The van der Waals surface area contributed by atoms with Crippen molar-refractivity contribution in [3.8, 4) is 0 Å². The number of aliphatic imine (C=N–C) groups is 1. The highest BCUT2D eigenvalue weighted by molar-refractivity contribution is 6.34. The van der Waals surface area contributed by atoms with Gasteiger partial charge in [-0.25, -0.2) is 4.79 Å². The van der Waals surface area contributed by atoms with Crippen molar-refractivity contribution in [2.75, 3.05) is 20.1 Å². The second-order valence-corrected chi connectivity index (χ2v) is 3.42. The fraction of sp³-hybridized carbons (Fsp3) is 0.455. The lowest BCUT2D eigenvalue weighted by Crippen LogP contribution is -2.34. The van der Waals surface area contributed by atoms with Crippen molar-refractivity contribution in [2.45, 2.75) is 13.3 Å². The van der Waals surface area contributed by atoms with Crippen LogP contribution in [0.2, 0.25) is 0 Å². The zero-order valence-electron chi connectivity index (χ0n) is 9.10. The summed E-state index contributed by atoms with van der Waals surface area (Å²) in [6, 6.07) is 0. The third kappa shape index (κ3) is 3.23. The first-order chi connectivity index (χ1) is 7.15. The van der Waals surface area contributed by atoms with E-state index in [1.165, 1.54) is 5.57 Å². The molecular weight excluding hydrogens is 192 g/mol. The maximum atomic E-state index is 10.9. The maximum Gasteiger partial charge on any atom is 0.371 e. The highest BCUT2D eigenvalue weighted by atomic mass is 16.4. The summed E-state index contributed by atoms with van der Waals surface area (Å²) in [6.07, 6.45) is 6.96. The van der Waals surface area contributed by atoms with E-state index in [2.05, 4.69) is 11.1 Å². The molecular formula is C11H16N2O2. The van der Waals surface area contributed by atoms with E-state index in [9.17, 15) is 4.79 Å². The van der Waals surface area contributed by atoms with E-state index in [0.717, 1.165) is 6.42 Å². The van der Waals surface area contributed by atoms with Gasteiger partial charge in [-0.1, -0.05) is 18.2 Å². The standard InChI is InChI=1S/C11H16N2O2/c1-3-12-10(11(14)15)13(2)8-9-6-4-5-7-9/h4-6H,3,7-8H2,1-2H3,(H,14,15). The van der Waals surface area contributed by atoms with E-state index in [1.54, 1.807) is 11.9 Å².